The summed E-state index contributed by atoms with van der Waals surface area (Å²) >= 11 is 0. The molecule has 0 radical (unpaired) electrons. The van der Waals surface area contributed by atoms with Gasteiger partial charge < -0.3 is 19.7 Å². The number of ether oxygens (including phenoxy) is 2. The van der Waals surface area contributed by atoms with Crippen LogP contribution in [0.1, 0.15) is 17.5 Å². The SMILES string of the molecule is COCCOc1ccc(C(F)(F)F)cc1NC(=O)CN1CCCc2ccccc21. The van der Waals surface area contributed by atoms with Crippen molar-refractivity contribution in [3.05, 3.63) is 53.6 Å². The minimum atomic E-state index is -4.52. The van der Waals surface area contributed by atoms with Gasteiger partial charge in [-0.1, -0.05) is 18.2 Å². The normalized spacial score (nSPS) is 13.7. The molecule has 0 fully saturated rings. The molecular weight excluding hydrogens is 385 g/mol. The highest BCUT2D eigenvalue weighted by molar-refractivity contribution is 5.95. The molecule has 3 rings (SSSR count). The average molecular weight is 408 g/mol. The van der Waals surface area contributed by atoms with Gasteiger partial charge in [0, 0.05) is 19.3 Å². The monoisotopic (exact) mass is 408 g/mol. The number of nitrogens with one attached hydrogen (secondary N) is 1. The standard InChI is InChI=1S/C21H23F3N2O3/c1-28-11-12-29-19-9-8-16(21(22,23)24)13-17(19)25-20(27)14-26-10-4-6-15-5-2-3-7-18(15)26/h2-3,5,7-9,13H,4,6,10-12,14H2,1H3,(H,25,27). The summed E-state index contributed by atoms with van der Waals surface area (Å²) in [5, 5.41) is 2.58. The third-order valence-electron chi connectivity index (χ3n) is 4.67. The van der Waals surface area contributed by atoms with Crippen molar-refractivity contribution in [3.8, 4) is 5.75 Å². The van der Waals surface area contributed by atoms with Crippen LogP contribution in [0.4, 0.5) is 24.5 Å². The highest BCUT2D eigenvalue weighted by Crippen LogP contribution is 2.35. The van der Waals surface area contributed by atoms with Crippen LogP contribution in [0.3, 0.4) is 0 Å². The number of fused-ring (bicyclic) bond motifs is 1. The summed E-state index contributed by atoms with van der Waals surface area (Å²) in [6.45, 7) is 1.19. The lowest BCUT2D eigenvalue weighted by molar-refractivity contribution is -0.137. The maximum atomic E-state index is 13.1. The summed E-state index contributed by atoms with van der Waals surface area (Å²) in [5.41, 5.74) is 1.28. The largest absolute Gasteiger partial charge is 0.489 e. The number of para-hydroxylation sites is 1. The van der Waals surface area contributed by atoms with Gasteiger partial charge in [0.1, 0.15) is 12.4 Å². The van der Waals surface area contributed by atoms with Gasteiger partial charge >= 0.3 is 6.18 Å². The van der Waals surface area contributed by atoms with Crippen molar-refractivity contribution in [2.45, 2.75) is 19.0 Å². The van der Waals surface area contributed by atoms with E-state index in [0.29, 0.717) is 6.54 Å². The van der Waals surface area contributed by atoms with Gasteiger partial charge in [0.2, 0.25) is 5.91 Å². The van der Waals surface area contributed by atoms with Gasteiger partial charge in [-0.05, 0) is 42.7 Å². The van der Waals surface area contributed by atoms with Crippen LogP contribution < -0.4 is 15.0 Å². The molecule has 29 heavy (non-hydrogen) atoms. The van der Waals surface area contributed by atoms with Gasteiger partial charge in [0.25, 0.3) is 0 Å². The molecule has 2 aromatic rings. The Morgan fingerprint density at radius 3 is 2.72 bits per heavy atom. The number of anilines is 2. The number of halogens is 3. The van der Waals surface area contributed by atoms with Crippen molar-refractivity contribution >= 4 is 17.3 Å². The van der Waals surface area contributed by atoms with Crippen molar-refractivity contribution < 1.29 is 27.4 Å². The van der Waals surface area contributed by atoms with E-state index < -0.39 is 17.6 Å². The van der Waals surface area contributed by atoms with Crippen molar-refractivity contribution in [1.82, 2.24) is 0 Å². The Morgan fingerprint density at radius 2 is 1.97 bits per heavy atom. The molecule has 5 nitrogen and oxygen atoms in total. The first kappa shape index (κ1) is 21.0. The van der Waals surface area contributed by atoms with E-state index in [4.69, 9.17) is 9.47 Å². The van der Waals surface area contributed by atoms with E-state index in [1.165, 1.54) is 13.2 Å². The average Bonchev–Trinajstić information content (AvgIpc) is 2.68. The highest BCUT2D eigenvalue weighted by Gasteiger charge is 2.31. The Kier molecular flexibility index (Phi) is 6.64. The van der Waals surface area contributed by atoms with Gasteiger partial charge in [-0.3, -0.25) is 4.79 Å². The molecule has 0 aromatic heterocycles. The number of carbonyl (C=O) groups excluding carboxylic acids is 1. The van der Waals surface area contributed by atoms with Crippen LogP contribution in [0.5, 0.6) is 5.75 Å². The molecule has 1 aliphatic heterocycles. The van der Waals surface area contributed by atoms with Crippen LogP contribution in [-0.2, 0) is 22.1 Å². The summed E-state index contributed by atoms with van der Waals surface area (Å²) in [7, 11) is 1.50. The van der Waals surface area contributed by atoms with Crippen LogP contribution in [0.15, 0.2) is 42.5 Å². The molecule has 0 bridgehead atoms. The molecule has 8 heteroatoms. The third kappa shape index (κ3) is 5.41. The number of carbonyl (C=O) groups is 1. The Bertz CT molecular complexity index is 855. The van der Waals surface area contributed by atoms with E-state index in [2.05, 4.69) is 5.32 Å². The van der Waals surface area contributed by atoms with Crippen molar-refractivity contribution in [1.29, 1.82) is 0 Å². The van der Waals surface area contributed by atoms with Crippen LogP contribution >= 0.6 is 0 Å². The molecule has 0 spiro atoms. The first-order valence-corrected chi connectivity index (χ1v) is 9.34. The van der Waals surface area contributed by atoms with E-state index >= 15 is 0 Å². The molecule has 0 saturated heterocycles. The highest BCUT2D eigenvalue weighted by atomic mass is 19.4. The van der Waals surface area contributed by atoms with Gasteiger partial charge in [-0.2, -0.15) is 13.2 Å². The molecule has 2 aromatic carbocycles. The summed E-state index contributed by atoms with van der Waals surface area (Å²) in [6, 6.07) is 10.9. The lowest BCUT2D eigenvalue weighted by Crippen LogP contribution is -2.36. The molecule has 1 heterocycles. The van der Waals surface area contributed by atoms with E-state index in [1.807, 2.05) is 29.2 Å². The predicted octanol–water partition coefficient (Wildman–Crippen LogP) is 4.12. The zero-order chi connectivity index (χ0) is 20.9. The fourth-order valence-corrected chi connectivity index (χ4v) is 3.30. The predicted molar refractivity (Wildman–Crippen MR) is 104 cm³/mol. The van der Waals surface area contributed by atoms with Gasteiger partial charge in [0.15, 0.2) is 0 Å². The second-order valence-corrected chi connectivity index (χ2v) is 6.75. The lowest BCUT2D eigenvalue weighted by atomic mass is 10.0. The van der Waals surface area contributed by atoms with Crippen molar-refractivity contribution in [2.24, 2.45) is 0 Å². The number of nitrogens with zero attached hydrogens (tertiary/aromatic N) is 1. The van der Waals surface area contributed by atoms with E-state index in [-0.39, 0.29) is 31.2 Å². The Hall–Kier alpha value is -2.74. The Balaban J connectivity index is 1.76. The minimum Gasteiger partial charge on any atom is -0.489 e. The van der Waals surface area contributed by atoms with Gasteiger partial charge in [0.05, 0.1) is 24.4 Å². The first-order valence-electron chi connectivity index (χ1n) is 9.34. The van der Waals surface area contributed by atoms with Crippen LogP contribution in [0.25, 0.3) is 0 Å². The number of benzene rings is 2. The molecule has 156 valence electrons. The number of alkyl halides is 3. The smallest absolute Gasteiger partial charge is 0.416 e. The second-order valence-electron chi connectivity index (χ2n) is 6.75. The van der Waals surface area contributed by atoms with Gasteiger partial charge in [-0.25, -0.2) is 0 Å². The molecule has 1 N–H and O–H groups in total. The maximum absolute atomic E-state index is 13.1. The number of amides is 1. The molecule has 0 atom stereocenters. The maximum Gasteiger partial charge on any atom is 0.416 e. The Labute approximate surface area is 167 Å². The molecule has 0 aliphatic carbocycles. The Morgan fingerprint density at radius 1 is 1.17 bits per heavy atom. The lowest BCUT2D eigenvalue weighted by Gasteiger charge is -2.30. The molecule has 0 unspecified atom stereocenters. The van der Waals surface area contributed by atoms with Crippen LogP contribution in [0.2, 0.25) is 0 Å². The minimum absolute atomic E-state index is 0.00813. The fourth-order valence-electron chi connectivity index (χ4n) is 3.30. The number of methoxy groups -OCH3 is 1. The van der Waals surface area contributed by atoms with Gasteiger partial charge in [-0.15, -0.1) is 0 Å². The van der Waals surface area contributed by atoms with Crippen LogP contribution in [-0.4, -0.2) is 39.3 Å². The molecule has 1 amide bonds. The number of aryl methyl sites for hydroxylation is 1. The zero-order valence-electron chi connectivity index (χ0n) is 16.1. The number of hydrogen-bond acceptors (Lipinski definition) is 4. The zero-order valence-corrected chi connectivity index (χ0v) is 16.1. The van der Waals surface area contributed by atoms with E-state index in [0.717, 1.165) is 36.2 Å². The molecule has 0 saturated carbocycles. The second kappa shape index (κ2) is 9.17. The molecule has 1 aliphatic rings. The van der Waals surface area contributed by atoms with Crippen molar-refractivity contribution in [3.63, 3.8) is 0 Å². The topological polar surface area (TPSA) is 50.8 Å². The molecular formula is C21H23F3N2O3. The summed E-state index contributed by atoms with van der Waals surface area (Å²) < 4.78 is 49.7. The van der Waals surface area contributed by atoms with E-state index in [9.17, 15) is 18.0 Å². The summed E-state index contributed by atoms with van der Waals surface area (Å²) in [6.07, 6.45) is -2.66. The quantitative estimate of drug-likeness (QED) is 0.701. The van der Waals surface area contributed by atoms with Crippen molar-refractivity contribution in [2.75, 3.05) is 43.6 Å². The fraction of sp³-hybridized carbons (Fsp3) is 0.381. The number of rotatable bonds is 7. The van der Waals surface area contributed by atoms with E-state index in [1.54, 1.807) is 0 Å². The van der Waals surface area contributed by atoms with Crippen LogP contribution in [0, 0.1) is 0 Å². The number of hydrogen-bond donors (Lipinski definition) is 1. The first-order chi connectivity index (χ1) is 13.9. The summed E-state index contributed by atoms with van der Waals surface area (Å²) in [5.74, 6) is -0.236. The third-order valence-corrected chi connectivity index (χ3v) is 4.67. The summed E-state index contributed by atoms with van der Waals surface area (Å²) in [4.78, 5) is 14.6.